The smallest absolute Gasteiger partial charge is 0.135 e. The maximum absolute atomic E-state index is 6.77. The second-order valence-electron chi connectivity index (χ2n) is 19.9. The van der Waals surface area contributed by atoms with Crippen LogP contribution in [0, 0.1) is 18.8 Å². The Labute approximate surface area is 398 Å². The first kappa shape index (κ1) is 42.5. The molecule has 0 spiro atoms. The van der Waals surface area contributed by atoms with Crippen molar-refractivity contribution < 1.29 is 25.8 Å². The molecule has 10 aromatic rings. The molecule has 8 heteroatoms. The number of nitrogens with zero attached hydrogens (tertiary/aromatic N) is 4. The summed E-state index contributed by atoms with van der Waals surface area (Å²) in [5.74, 6) is 2.09. The number of rotatable bonds is 5. The fourth-order valence-corrected chi connectivity index (χ4v) is 11.2. The number of pyridine rings is 1. The predicted molar refractivity (Wildman–Crippen MR) is 269 cm³/mol. The molecule has 0 aliphatic carbocycles. The predicted octanol–water partition coefficient (Wildman–Crippen LogP) is 16.5. The molecule has 4 aromatic heterocycles. The molecular formula is C56H49N4OPtS2-3. The van der Waals surface area contributed by atoms with Crippen LogP contribution in [0.4, 0.5) is 22.1 Å². The van der Waals surface area contributed by atoms with Gasteiger partial charge < -0.3 is 19.1 Å². The molecule has 64 heavy (non-hydrogen) atoms. The van der Waals surface area contributed by atoms with Gasteiger partial charge in [0.25, 0.3) is 0 Å². The van der Waals surface area contributed by atoms with E-state index in [0.717, 1.165) is 44.0 Å². The monoisotopic (exact) mass is 1050 g/mol. The largest absolute Gasteiger partial charge is 0.509 e. The minimum absolute atomic E-state index is 0. The van der Waals surface area contributed by atoms with Gasteiger partial charge >= 0.3 is 0 Å². The van der Waals surface area contributed by atoms with E-state index >= 15 is 0 Å². The Morgan fingerprint density at radius 1 is 0.562 bits per heavy atom. The van der Waals surface area contributed by atoms with Crippen LogP contribution in [0.3, 0.4) is 0 Å². The number of benzene rings is 6. The van der Waals surface area contributed by atoms with Crippen LogP contribution >= 0.6 is 22.7 Å². The van der Waals surface area contributed by atoms with E-state index in [2.05, 4.69) is 205 Å². The van der Waals surface area contributed by atoms with Gasteiger partial charge in [0.15, 0.2) is 0 Å². The van der Waals surface area contributed by atoms with Crippen LogP contribution in [0.25, 0.3) is 57.9 Å². The van der Waals surface area contributed by atoms with Crippen molar-refractivity contribution in [2.24, 2.45) is 0 Å². The van der Waals surface area contributed by atoms with Gasteiger partial charge in [-0.3, -0.25) is 0 Å². The Hall–Kier alpha value is -5.46. The maximum Gasteiger partial charge on any atom is 0.135 e. The molecule has 1 aliphatic heterocycles. The van der Waals surface area contributed by atoms with Crippen molar-refractivity contribution in [3.8, 4) is 17.3 Å². The van der Waals surface area contributed by atoms with Crippen LogP contribution in [0.5, 0.6) is 11.5 Å². The maximum atomic E-state index is 6.77. The Morgan fingerprint density at radius 3 is 1.94 bits per heavy atom. The summed E-state index contributed by atoms with van der Waals surface area (Å²) in [6, 6.07) is 51.2. The first-order valence-electron chi connectivity index (χ1n) is 21.7. The van der Waals surface area contributed by atoms with Crippen LogP contribution in [0.1, 0.15) is 79.0 Å². The average Bonchev–Trinajstić information content (AvgIpc) is 4.01. The van der Waals surface area contributed by atoms with Gasteiger partial charge in [0, 0.05) is 74.7 Å². The van der Waals surface area contributed by atoms with Gasteiger partial charge in [-0.15, -0.1) is 70.7 Å². The number of fused-ring (bicyclic) bond motifs is 10. The molecule has 0 N–H and O–H groups in total. The fourth-order valence-electron chi connectivity index (χ4n) is 8.89. The van der Waals surface area contributed by atoms with Gasteiger partial charge in [-0.1, -0.05) is 116 Å². The summed E-state index contributed by atoms with van der Waals surface area (Å²) in [6.07, 6.45) is 1.93. The molecule has 0 amide bonds. The van der Waals surface area contributed by atoms with E-state index in [1.54, 1.807) is 11.3 Å². The van der Waals surface area contributed by atoms with E-state index in [1.807, 2.05) is 29.7 Å². The number of hydrogen-bond acceptors (Lipinski definition) is 6. The van der Waals surface area contributed by atoms with Gasteiger partial charge in [-0.2, -0.15) is 12.1 Å². The quantitative estimate of drug-likeness (QED) is 0.161. The Bertz CT molecular complexity index is 3410. The molecule has 5 nitrogen and oxygen atoms in total. The minimum atomic E-state index is -0.0497. The molecule has 1 aliphatic rings. The summed E-state index contributed by atoms with van der Waals surface area (Å²) in [5, 5.41) is 7.13. The zero-order chi connectivity index (χ0) is 43.6. The van der Waals surface area contributed by atoms with Crippen molar-refractivity contribution >= 4 is 96.8 Å². The van der Waals surface area contributed by atoms with Gasteiger partial charge in [-0.05, 0) is 80.8 Å². The van der Waals surface area contributed by atoms with Crippen LogP contribution in [0.15, 0.2) is 128 Å². The first-order valence-corrected chi connectivity index (χ1v) is 23.3. The van der Waals surface area contributed by atoms with E-state index in [1.165, 1.54) is 52.6 Å². The van der Waals surface area contributed by atoms with Crippen LogP contribution < -0.4 is 14.5 Å². The third kappa shape index (κ3) is 7.12. The molecule has 6 aromatic carbocycles. The molecule has 0 radical (unpaired) electrons. The molecule has 0 unspecified atom stereocenters. The van der Waals surface area contributed by atoms with Crippen LogP contribution in [-0.2, 0) is 37.3 Å². The van der Waals surface area contributed by atoms with Gasteiger partial charge in [0.05, 0.1) is 16.2 Å². The SMILES string of the molecule is CC(C)(C)c1cc(N2[CH-]N(c3[c-]c(Oc4[c-]c5c(cc4)c4ccc6sc7ccccc7c6c4n5-c4cc(C(C)(C)C)ccn4)ccc3)c3sc4ccccc4c32)cc(C(C)(C)C)c1.[Pt]. The first-order chi connectivity index (χ1) is 30.1. The van der Waals surface area contributed by atoms with Crippen molar-refractivity contribution in [2.45, 2.75) is 78.6 Å². The summed E-state index contributed by atoms with van der Waals surface area (Å²) in [7, 11) is 0. The molecule has 324 valence electrons. The van der Waals surface area contributed by atoms with Crippen LogP contribution in [0.2, 0.25) is 0 Å². The van der Waals surface area contributed by atoms with Crippen molar-refractivity contribution in [1.82, 2.24) is 9.55 Å². The third-order valence-electron chi connectivity index (χ3n) is 12.4. The normalized spacial score (nSPS) is 13.5. The third-order valence-corrected chi connectivity index (χ3v) is 14.7. The summed E-state index contributed by atoms with van der Waals surface area (Å²) in [5.41, 5.74) is 9.07. The number of anilines is 4. The van der Waals surface area contributed by atoms with E-state index < -0.39 is 0 Å². The molecule has 5 heterocycles. The van der Waals surface area contributed by atoms with Crippen molar-refractivity contribution in [3.63, 3.8) is 0 Å². The molecule has 0 saturated heterocycles. The van der Waals surface area contributed by atoms with Gasteiger partial charge in [-0.25, -0.2) is 4.98 Å². The topological polar surface area (TPSA) is 33.5 Å². The molecule has 0 atom stereocenters. The average molecular weight is 1050 g/mol. The summed E-state index contributed by atoms with van der Waals surface area (Å²) in [4.78, 5) is 9.66. The van der Waals surface area contributed by atoms with Crippen molar-refractivity contribution in [2.75, 3.05) is 9.80 Å². The zero-order valence-electron chi connectivity index (χ0n) is 37.5. The Balaban J connectivity index is 0.00000484. The summed E-state index contributed by atoms with van der Waals surface area (Å²) in [6.45, 7) is 22.7. The van der Waals surface area contributed by atoms with Crippen molar-refractivity contribution in [3.05, 3.63) is 163 Å². The van der Waals surface area contributed by atoms with E-state index in [-0.39, 0.29) is 37.3 Å². The summed E-state index contributed by atoms with van der Waals surface area (Å²) < 4.78 is 12.8. The molecule has 11 rings (SSSR count). The van der Waals surface area contributed by atoms with E-state index in [9.17, 15) is 0 Å². The van der Waals surface area contributed by atoms with Gasteiger partial charge in [0.1, 0.15) is 5.82 Å². The molecule has 0 bridgehead atoms. The van der Waals surface area contributed by atoms with E-state index in [0.29, 0.717) is 11.5 Å². The Morgan fingerprint density at radius 2 is 1.22 bits per heavy atom. The van der Waals surface area contributed by atoms with Crippen molar-refractivity contribution in [1.29, 1.82) is 0 Å². The zero-order valence-corrected chi connectivity index (χ0v) is 41.4. The number of hydrogen-bond donors (Lipinski definition) is 0. The fraction of sp³-hybridized carbons (Fsp3) is 0.214. The number of thiophene rings is 2. The summed E-state index contributed by atoms with van der Waals surface area (Å²) >= 11 is 3.63. The molecule has 0 fully saturated rings. The standard InChI is InChI=1S/C56H49N4OS2.Pt/c1-54(2,3)34-25-26-57-49(30-34)60-45-32-40(21-22-41(45)42-23-24-48-50(51(42)60)43-17-10-12-19-46(43)62-48)61-39-16-14-15-37(31-39)59-33-58(52-44-18-11-13-20-47(44)63-53(52)59)38-28-35(55(4,5)6)27-36(29-38)56(7,8)9;/h10-30,33H,1-9H3;/q-3;. The van der Waals surface area contributed by atoms with E-state index in [4.69, 9.17) is 9.72 Å². The second kappa shape index (κ2) is 15.3. The minimum Gasteiger partial charge on any atom is -0.509 e. The number of aromatic nitrogens is 2. The number of ether oxygens (including phenoxy) is 1. The second-order valence-corrected chi connectivity index (χ2v) is 22.0. The van der Waals surface area contributed by atoms with Crippen LogP contribution in [-0.4, -0.2) is 9.55 Å². The molecule has 0 saturated carbocycles. The van der Waals surface area contributed by atoms with Gasteiger partial charge in [0.2, 0.25) is 0 Å². The molecular weight excluding hydrogens is 1000 g/mol. The Kier molecular flexibility index (Phi) is 10.2.